The lowest BCUT2D eigenvalue weighted by Crippen LogP contribution is -2.30. The van der Waals surface area contributed by atoms with Gasteiger partial charge in [0, 0.05) is 19.3 Å². The first-order valence-corrected chi connectivity index (χ1v) is 26.2. The van der Waals surface area contributed by atoms with Gasteiger partial charge < -0.3 is 14.2 Å². The molecule has 0 bridgehead atoms. The van der Waals surface area contributed by atoms with Gasteiger partial charge in [0.1, 0.15) is 13.2 Å². The Morgan fingerprint density at radius 2 is 0.609 bits per heavy atom. The van der Waals surface area contributed by atoms with Gasteiger partial charge in [-0.25, -0.2) is 0 Å². The van der Waals surface area contributed by atoms with Gasteiger partial charge in [0.15, 0.2) is 6.10 Å². The van der Waals surface area contributed by atoms with Gasteiger partial charge in [-0.05, 0) is 122 Å². The molecule has 0 saturated heterocycles. The van der Waals surface area contributed by atoms with Crippen LogP contribution in [0.2, 0.25) is 0 Å². The molecule has 0 aliphatic carbocycles. The first-order chi connectivity index (χ1) is 31.5. The Labute approximate surface area is 394 Å². The molecule has 0 aliphatic heterocycles. The maximum Gasteiger partial charge on any atom is 0.306 e. The maximum absolute atomic E-state index is 12.8. The first kappa shape index (κ1) is 60.3. The normalized spacial score (nSPS) is 12.9. The Kier molecular flexibility index (Phi) is 49.0. The third-order valence-corrected chi connectivity index (χ3v) is 10.8. The van der Waals surface area contributed by atoms with Gasteiger partial charge in [-0.1, -0.05) is 189 Å². The minimum Gasteiger partial charge on any atom is -0.462 e. The molecule has 0 saturated carbocycles. The van der Waals surface area contributed by atoms with E-state index < -0.39 is 6.10 Å². The highest BCUT2D eigenvalue weighted by molar-refractivity contribution is 5.71. The average Bonchev–Trinajstić information content (AvgIpc) is 3.29. The summed E-state index contributed by atoms with van der Waals surface area (Å²) in [6.45, 7) is 6.41. The zero-order valence-corrected chi connectivity index (χ0v) is 41.5. The molecule has 0 radical (unpaired) electrons. The number of ether oxygens (including phenoxy) is 3. The van der Waals surface area contributed by atoms with Crippen LogP contribution >= 0.6 is 0 Å². The molecule has 0 aromatic rings. The Hall–Kier alpha value is -3.67. The highest BCUT2D eigenvalue weighted by atomic mass is 16.6. The second kappa shape index (κ2) is 52.0. The van der Waals surface area contributed by atoms with Crippen LogP contribution in [0, 0.1) is 0 Å². The van der Waals surface area contributed by atoms with Crippen LogP contribution in [0.4, 0.5) is 0 Å². The second-order valence-electron chi connectivity index (χ2n) is 17.0. The zero-order valence-electron chi connectivity index (χ0n) is 41.5. The Bertz CT molecular complexity index is 1300. The van der Waals surface area contributed by atoms with Gasteiger partial charge in [0.2, 0.25) is 0 Å². The molecule has 6 nitrogen and oxygen atoms in total. The lowest BCUT2D eigenvalue weighted by atomic mass is 10.1. The molecule has 0 heterocycles. The number of rotatable bonds is 46. The number of hydrogen-bond donors (Lipinski definition) is 0. The van der Waals surface area contributed by atoms with Crippen molar-refractivity contribution >= 4 is 17.9 Å². The van der Waals surface area contributed by atoms with Crippen molar-refractivity contribution in [1.29, 1.82) is 0 Å². The summed E-state index contributed by atoms with van der Waals surface area (Å²) < 4.78 is 16.8. The van der Waals surface area contributed by atoms with Crippen molar-refractivity contribution in [2.24, 2.45) is 0 Å². The van der Waals surface area contributed by atoms with E-state index in [1.807, 2.05) is 0 Å². The van der Waals surface area contributed by atoms with E-state index in [9.17, 15) is 14.4 Å². The van der Waals surface area contributed by atoms with Gasteiger partial charge in [-0.2, -0.15) is 0 Å². The smallest absolute Gasteiger partial charge is 0.306 e. The summed E-state index contributed by atoms with van der Waals surface area (Å²) >= 11 is 0. The molecule has 0 amide bonds. The van der Waals surface area contributed by atoms with Crippen molar-refractivity contribution in [3.8, 4) is 0 Å². The largest absolute Gasteiger partial charge is 0.462 e. The van der Waals surface area contributed by atoms with Gasteiger partial charge >= 0.3 is 17.9 Å². The summed E-state index contributed by atoms with van der Waals surface area (Å²) in [5.41, 5.74) is 0. The van der Waals surface area contributed by atoms with Crippen molar-refractivity contribution in [2.45, 2.75) is 239 Å². The number of carbonyl (C=O) groups is 3. The number of esters is 3. The maximum atomic E-state index is 12.8. The monoisotopic (exact) mass is 889 g/mol. The SMILES string of the molecule is CC/C=C\C/C=C\C/C=C\CCCCCCCC(=O)O[C@@H](COC(=O)CCCCC/C=C\C/C=C\C/C=C\C/C=C\CCCCC)COC(=O)CCCCCCC/C=C\CCCCC. The predicted molar refractivity (Wildman–Crippen MR) is 274 cm³/mol. The topological polar surface area (TPSA) is 78.9 Å². The van der Waals surface area contributed by atoms with E-state index in [4.69, 9.17) is 14.2 Å². The van der Waals surface area contributed by atoms with Crippen molar-refractivity contribution < 1.29 is 28.6 Å². The van der Waals surface area contributed by atoms with E-state index in [0.717, 1.165) is 135 Å². The molecule has 0 fully saturated rings. The van der Waals surface area contributed by atoms with Crippen LogP contribution in [0.25, 0.3) is 0 Å². The van der Waals surface area contributed by atoms with Crippen LogP contribution in [0.15, 0.2) is 97.2 Å². The number of hydrogen-bond acceptors (Lipinski definition) is 6. The molecule has 0 aromatic carbocycles. The highest BCUT2D eigenvalue weighted by Crippen LogP contribution is 2.13. The molecule has 0 N–H and O–H groups in total. The fourth-order valence-corrected chi connectivity index (χ4v) is 6.84. The zero-order chi connectivity index (χ0) is 46.5. The number of carbonyl (C=O) groups excluding carboxylic acids is 3. The highest BCUT2D eigenvalue weighted by Gasteiger charge is 2.19. The van der Waals surface area contributed by atoms with Crippen molar-refractivity contribution in [2.75, 3.05) is 13.2 Å². The molecule has 0 aromatic heterocycles. The molecule has 6 heteroatoms. The molecule has 0 unspecified atom stereocenters. The predicted octanol–water partition coefficient (Wildman–Crippen LogP) is 17.4. The van der Waals surface area contributed by atoms with Crippen molar-refractivity contribution in [3.63, 3.8) is 0 Å². The summed E-state index contributed by atoms with van der Waals surface area (Å²) in [6, 6.07) is 0. The third-order valence-electron chi connectivity index (χ3n) is 10.8. The van der Waals surface area contributed by atoms with Crippen molar-refractivity contribution in [1.82, 2.24) is 0 Å². The fourth-order valence-electron chi connectivity index (χ4n) is 6.84. The number of unbranched alkanes of at least 4 members (excludes halogenated alkanes) is 19. The Balaban J connectivity index is 4.48. The van der Waals surface area contributed by atoms with Crippen LogP contribution in [-0.2, 0) is 28.6 Å². The first-order valence-electron chi connectivity index (χ1n) is 26.2. The van der Waals surface area contributed by atoms with E-state index in [1.165, 1.54) is 57.8 Å². The molecular formula is C58H96O6. The fraction of sp³-hybridized carbons (Fsp3) is 0.672. The minimum atomic E-state index is -0.803. The van der Waals surface area contributed by atoms with Gasteiger partial charge in [0.25, 0.3) is 0 Å². The van der Waals surface area contributed by atoms with Crippen LogP contribution in [0.3, 0.4) is 0 Å². The molecule has 0 spiro atoms. The van der Waals surface area contributed by atoms with Crippen LogP contribution in [0.1, 0.15) is 233 Å². The molecule has 364 valence electrons. The Morgan fingerprint density at radius 3 is 0.984 bits per heavy atom. The average molecular weight is 889 g/mol. The lowest BCUT2D eigenvalue weighted by molar-refractivity contribution is -0.167. The third kappa shape index (κ3) is 49.3. The standard InChI is InChI=1S/C58H96O6/c1-4-7-10-13-16-19-22-25-27-28-29-30-32-33-36-39-42-45-48-51-57(60)63-54-55(53-62-56(59)50-47-44-41-38-35-24-21-18-15-12-9-6-3)64-58(61)52-49-46-43-40-37-34-31-26-23-20-17-14-11-8-5-2/h8,11,16-21,25-27,29-31,33,36,55H,4-7,9-10,12-15,22-24,28,32,34-35,37-54H2,1-3H3/b11-8-,19-16-,20-17-,21-18-,27-25-,30-29-,31-26-,36-33-/t55-/m1/s1. The van der Waals surface area contributed by atoms with Gasteiger partial charge in [-0.15, -0.1) is 0 Å². The Morgan fingerprint density at radius 1 is 0.328 bits per heavy atom. The summed E-state index contributed by atoms with van der Waals surface area (Å²) in [5.74, 6) is -0.961. The van der Waals surface area contributed by atoms with E-state index in [0.29, 0.717) is 19.3 Å². The van der Waals surface area contributed by atoms with Gasteiger partial charge in [-0.3, -0.25) is 14.4 Å². The van der Waals surface area contributed by atoms with Crippen LogP contribution in [-0.4, -0.2) is 37.2 Å². The summed E-state index contributed by atoms with van der Waals surface area (Å²) in [4.78, 5) is 38.0. The summed E-state index contributed by atoms with van der Waals surface area (Å²) in [7, 11) is 0. The molecule has 0 aliphatic rings. The van der Waals surface area contributed by atoms with E-state index in [1.54, 1.807) is 0 Å². The summed E-state index contributed by atoms with van der Waals surface area (Å²) in [5, 5.41) is 0. The quantitative estimate of drug-likeness (QED) is 0.0262. The van der Waals surface area contributed by atoms with E-state index in [2.05, 4.69) is 118 Å². The van der Waals surface area contributed by atoms with Crippen LogP contribution < -0.4 is 0 Å². The van der Waals surface area contributed by atoms with E-state index in [-0.39, 0.29) is 31.1 Å². The number of allylic oxidation sites excluding steroid dienone is 16. The molecular weight excluding hydrogens is 793 g/mol. The van der Waals surface area contributed by atoms with Gasteiger partial charge in [0.05, 0.1) is 0 Å². The lowest BCUT2D eigenvalue weighted by Gasteiger charge is -2.18. The molecule has 0 rings (SSSR count). The molecule has 64 heavy (non-hydrogen) atoms. The molecule has 1 atom stereocenters. The minimum absolute atomic E-state index is 0.100. The van der Waals surface area contributed by atoms with Crippen LogP contribution in [0.5, 0.6) is 0 Å². The van der Waals surface area contributed by atoms with Crippen molar-refractivity contribution in [3.05, 3.63) is 97.2 Å². The second-order valence-corrected chi connectivity index (χ2v) is 17.0. The van der Waals surface area contributed by atoms with E-state index >= 15 is 0 Å². The summed E-state index contributed by atoms with van der Waals surface area (Å²) in [6.07, 6.45) is 68.1.